The van der Waals surface area contributed by atoms with E-state index in [0.29, 0.717) is 11.3 Å². The number of aromatic nitrogens is 3. The summed E-state index contributed by atoms with van der Waals surface area (Å²) in [6.07, 6.45) is 3.07. The first-order chi connectivity index (χ1) is 7.98. The van der Waals surface area contributed by atoms with Gasteiger partial charge in [0.15, 0.2) is 0 Å². The molecule has 0 bridgehead atoms. The fourth-order valence-electron chi connectivity index (χ4n) is 1.54. The topological polar surface area (TPSA) is 38.7 Å². The fraction of sp³-hybridized carbons (Fsp3) is 0.250. The summed E-state index contributed by atoms with van der Waals surface area (Å²) < 4.78 is 27.0. The van der Waals surface area contributed by atoms with Gasteiger partial charge in [0, 0.05) is 24.9 Å². The predicted octanol–water partition coefficient (Wildman–Crippen LogP) is 2.96. The molecule has 0 radical (unpaired) electrons. The van der Waals surface area contributed by atoms with Crippen molar-refractivity contribution in [3.8, 4) is 11.3 Å². The van der Waals surface area contributed by atoms with Gasteiger partial charge in [-0.25, -0.2) is 8.78 Å². The highest BCUT2D eigenvalue weighted by Crippen LogP contribution is 2.33. The van der Waals surface area contributed by atoms with E-state index in [9.17, 15) is 8.78 Å². The van der Waals surface area contributed by atoms with Gasteiger partial charge in [0.1, 0.15) is 5.69 Å². The Morgan fingerprint density at radius 1 is 1.24 bits per heavy atom. The largest absolute Gasteiger partial charge is 0.272 e. The van der Waals surface area contributed by atoms with E-state index in [0.717, 1.165) is 6.92 Å². The SMILES string of the molecule is Cc1cc(C(C)(F)F)c(-c2cccnc2)nn1. The van der Waals surface area contributed by atoms with E-state index in [2.05, 4.69) is 15.2 Å². The Morgan fingerprint density at radius 3 is 2.59 bits per heavy atom. The van der Waals surface area contributed by atoms with E-state index >= 15 is 0 Å². The summed E-state index contributed by atoms with van der Waals surface area (Å²) in [6, 6.07) is 4.71. The molecule has 0 spiro atoms. The van der Waals surface area contributed by atoms with Gasteiger partial charge in [0.2, 0.25) is 0 Å². The van der Waals surface area contributed by atoms with Gasteiger partial charge in [0.05, 0.1) is 11.3 Å². The first-order valence-corrected chi connectivity index (χ1v) is 5.11. The zero-order valence-electron chi connectivity index (χ0n) is 9.48. The van der Waals surface area contributed by atoms with Gasteiger partial charge in [0.25, 0.3) is 5.92 Å². The number of halogens is 2. The molecule has 0 aromatic carbocycles. The quantitative estimate of drug-likeness (QED) is 0.803. The minimum absolute atomic E-state index is 0.127. The number of pyridine rings is 1. The molecule has 0 N–H and O–H groups in total. The summed E-state index contributed by atoms with van der Waals surface area (Å²) in [5, 5.41) is 7.66. The summed E-state index contributed by atoms with van der Waals surface area (Å²) in [7, 11) is 0. The highest BCUT2D eigenvalue weighted by molar-refractivity contribution is 5.62. The number of hydrogen-bond donors (Lipinski definition) is 0. The highest BCUT2D eigenvalue weighted by Gasteiger charge is 2.29. The van der Waals surface area contributed by atoms with E-state index in [1.54, 1.807) is 25.3 Å². The van der Waals surface area contributed by atoms with Crippen LogP contribution in [0.1, 0.15) is 18.2 Å². The van der Waals surface area contributed by atoms with Crippen molar-refractivity contribution in [2.24, 2.45) is 0 Å². The Bertz CT molecular complexity index is 521. The molecule has 17 heavy (non-hydrogen) atoms. The Morgan fingerprint density at radius 2 is 2.00 bits per heavy atom. The molecular formula is C12H11F2N3. The third-order valence-corrected chi connectivity index (χ3v) is 2.32. The second-order valence-electron chi connectivity index (χ2n) is 3.88. The minimum Gasteiger partial charge on any atom is -0.264 e. The number of nitrogens with zero attached hydrogens (tertiary/aromatic N) is 3. The van der Waals surface area contributed by atoms with Crippen LogP contribution in [0.5, 0.6) is 0 Å². The fourth-order valence-corrected chi connectivity index (χ4v) is 1.54. The summed E-state index contributed by atoms with van der Waals surface area (Å²) in [4.78, 5) is 3.89. The van der Waals surface area contributed by atoms with Crippen LogP contribution in [0, 0.1) is 6.92 Å². The monoisotopic (exact) mass is 235 g/mol. The second-order valence-corrected chi connectivity index (χ2v) is 3.88. The lowest BCUT2D eigenvalue weighted by Crippen LogP contribution is -2.11. The lowest BCUT2D eigenvalue weighted by Gasteiger charge is -2.14. The molecule has 3 nitrogen and oxygen atoms in total. The van der Waals surface area contributed by atoms with E-state index in [-0.39, 0.29) is 11.3 Å². The van der Waals surface area contributed by atoms with Crippen molar-refractivity contribution >= 4 is 0 Å². The van der Waals surface area contributed by atoms with Crippen molar-refractivity contribution in [2.45, 2.75) is 19.8 Å². The van der Waals surface area contributed by atoms with Gasteiger partial charge in [-0.05, 0) is 25.1 Å². The lowest BCUT2D eigenvalue weighted by molar-refractivity contribution is 0.0175. The van der Waals surface area contributed by atoms with Crippen LogP contribution in [-0.2, 0) is 5.92 Å². The number of aryl methyl sites for hydroxylation is 1. The third kappa shape index (κ3) is 2.43. The molecular weight excluding hydrogens is 224 g/mol. The molecule has 2 aromatic heterocycles. The maximum atomic E-state index is 13.5. The smallest absolute Gasteiger partial charge is 0.264 e. The third-order valence-electron chi connectivity index (χ3n) is 2.32. The number of hydrogen-bond acceptors (Lipinski definition) is 3. The molecule has 2 aromatic rings. The van der Waals surface area contributed by atoms with Crippen molar-refractivity contribution < 1.29 is 8.78 Å². The molecule has 0 saturated carbocycles. The van der Waals surface area contributed by atoms with Crippen molar-refractivity contribution in [1.82, 2.24) is 15.2 Å². The van der Waals surface area contributed by atoms with Gasteiger partial charge in [-0.15, -0.1) is 5.10 Å². The normalized spacial score (nSPS) is 11.5. The maximum Gasteiger partial charge on any atom is 0.272 e. The standard InChI is InChI=1S/C12H11F2N3/c1-8-6-10(12(2,13)14)11(17-16-8)9-4-3-5-15-7-9/h3-7H,1-2H3. The van der Waals surface area contributed by atoms with Crippen molar-refractivity contribution in [3.63, 3.8) is 0 Å². The van der Waals surface area contributed by atoms with Gasteiger partial charge in [-0.1, -0.05) is 0 Å². The molecule has 0 amide bonds. The van der Waals surface area contributed by atoms with Gasteiger partial charge < -0.3 is 0 Å². The molecule has 0 aliphatic carbocycles. The van der Waals surface area contributed by atoms with E-state index in [1.165, 1.54) is 12.3 Å². The van der Waals surface area contributed by atoms with Crippen LogP contribution in [0.2, 0.25) is 0 Å². The summed E-state index contributed by atoms with van der Waals surface area (Å²) in [5.41, 5.74) is 1.06. The first-order valence-electron chi connectivity index (χ1n) is 5.11. The Balaban J connectivity index is 2.63. The van der Waals surface area contributed by atoms with E-state index in [4.69, 9.17) is 0 Å². The first kappa shape index (κ1) is 11.6. The van der Waals surface area contributed by atoms with Crippen LogP contribution in [0.25, 0.3) is 11.3 Å². The molecule has 0 saturated heterocycles. The van der Waals surface area contributed by atoms with Gasteiger partial charge >= 0.3 is 0 Å². The van der Waals surface area contributed by atoms with Crippen molar-refractivity contribution in [3.05, 3.63) is 41.9 Å². The molecule has 88 valence electrons. The van der Waals surface area contributed by atoms with Crippen LogP contribution in [0.15, 0.2) is 30.6 Å². The Hall–Kier alpha value is -1.91. The average Bonchev–Trinajstić information content (AvgIpc) is 2.29. The highest BCUT2D eigenvalue weighted by atomic mass is 19.3. The second kappa shape index (κ2) is 4.16. The Labute approximate surface area is 97.5 Å². The zero-order valence-corrected chi connectivity index (χ0v) is 9.48. The Kier molecular flexibility index (Phi) is 2.83. The zero-order chi connectivity index (χ0) is 12.5. The molecule has 5 heteroatoms. The summed E-state index contributed by atoms with van der Waals surface area (Å²) in [6.45, 7) is 2.48. The minimum atomic E-state index is -2.95. The number of alkyl halides is 2. The van der Waals surface area contributed by atoms with Crippen LogP contribution in [0.3, 0.4) is 0 Å². The van der Waals surface area contributed by atoms with Gasteiger partial charge in [-0.3, -0.25) is 4.98 Å². The summed E-state index contributed by atoms with van der Waals surface area (Å²) >= 11 is 0. The van der Waals surface area contributed by atoms with Crippen LogP contribution in [-0.4, -0.2) is 15.2 Å². The van der Waals surface area contributed by atoms with Crippen LogP contribution >= 0.6 is 0 Å². The molecule has 2 rings (SSSR count). The van der Waals surface area contributed by atoms with E-state index in [1.807, 2.05) is 0 Å². The van der Waals surface area contributed by atoms with Gasteiger partial charge in [-0.2, -0.15) is 5.10 Å². The molecule has 2 heterocycles. The van der Waals surface area contributed by atoms with Crippen molar-refractivity contribution in [2.75, 3.05) is 0 Å². The maximum absolute atomic E-state index is 13.5. The summed E-state index contributed by atoms with van der Waals surface area (Å²) in [5.74, 6) is -2.95. The van der Waals surface area contributed by atoms with Crippen LogP contribution in [0.4, 0.5) is 8.78 Å². The lowest BCUT2D eigenvalue weighted by atomic mass is 10.0. The molecule has 0 unspecified atom stereocenters. The molecule has 0 fully saturated rings. The predicted molar refractivity (Wildman–Crippen MR) is 59.6 cm³/mol. The molecule has 0 aliphatic heterocycles. The number of rotatable bonds is 2. The molecule has 0 atom stereocenters. The van der Waals surface area contributed by atoms with E-state index < -0.39 is 5.92 Å². The van der Waals surface area contributed by atoms with Crippen LogP contribution < -0.4 is 0 Å². The molecule has 0 aliphatic rings. The van der Waals surface area contributed by atoms with Crippen molar-refractivity contribution in [1.29, 1.82) is 0 Å². The average molecular weight is 235 g/mol.